The summed E-state index contributed by atoms with van der Waals surface area (Å²) in [6, 6.07) is 5.45. The van der Waals surface area contributed by atoms with Crippen LogP contribution in [0.25, 0.3) is 0 Å². The number of amides is 1. The lowest BCUT2D eigenvalue weighted by Crippen LogP contribution is -2.11. The van der Waals surface area contributed by atoms with Crippen molar-refractivity contribution in [2.75, 3.05) is 12.1 Å². The Morgan fingerprint density at radius 2 is 2.38 bits per heavy atom. The Labute approximate surface area is 75.5 Å². The third-order valence-corrected chi connectivity index (χ3v) is 1.84. The minimum atomic E-state index is 0.299. The second kappa shape index (κ2) is 3.45. The number of rotatable bonds is 2. The van der Waals surface area contributed by atoms with Crippen LogP contribution < -0.4 is 10.1 Å². The summed E-state index contributed by atoms with van der Waals surface area (Å²) >= 11 is 0. The molecule has 1 N–H and O–H groups in total. The Morgan fingerprint density at radius 3 is 3.23 bits per heavy atom. The predicted octanol–water partition coefficient (Wildman–Crippen LogP) is 1.12. The summed E-state index contributed by atoms with van der Waals surface area (Å²) in [6.45, 7) is 0.831. The molecule has 1 aromatic carbocycles. The number of hydrogen-bond donors (Lipinski definition) is 1. The summed E-state index contributed by atoms with van der Waals surface area (Å²) < 4.78 is 10.3. The lowest BCUT2D eigenvalue weighted by molar-refractivity contribution is -0.105. The number of carbonyl (C=O) groups excluding carboxylic acids is 1. The molecule has 13 heavy (non-hydrogen) atoms. The fourth-order valence-corrected chi connectivity index (χ4v) is 1.25. The number of benzene rings is 1. The van der Waals surface area contributed by atoms with Gasteiger partial charge in [0, 0.05) is 11.3 Å². The highest BCUT2D eigenvalue weighted by Gasteiger charge is 2.09. The first kappa shape index (κ1) is 8.07. The van der Waals surface area contributed by atoms with Gasteiger partial charge >= 0.3 is 0 Å². The molecule has 0 aromatic heterocycles. The molecule has 1 aliphatic heterocycles. The van der Waals surface area contributed by atoms with Gasteiger partial charge in [0.1, 0.15) is 5.75 Å². The molecule has 1 heterocycles. The first-order valence-corrected chi connectivity index (χ1v) is 3.94. The van der Waals surface area contributed by atoms with Gasteiger partial charge in [0.15, 0.2) is 6.79 Å². The van der Waals surface area contributed by atoms with E-state index in [4.69, 9.17) is 9.47 Å². The molecule has 0 saturated heterocycles. The van der Waals surface area contributed by atoms with Crippen LogP contribution in [0.3, 0.4) is 0 Å². The van der Waals surface area contributed by atoms with Crippen LogP contribution in [0.15, 0.2) is 18.2 Å². The Bertz CT molecular complexity index is 325. The minimum absolute atomic E-state index is 0.299. The van der Waals surface area contributed by atoms with Crippen molar-refractivity contribution in [3.8, 4) is 5.75 Å². The molecule has 0 spiro atoms. The summed E-state index contributed by atoms with van der Waals surface area (Å²) in [5.41, 5.74) is 1.71. The van der Waals surface area contributed by atoms with Crippen LogP contribution in [-0.2, 0) is 16.1 Å². The van der Waals surface area contributed by atoms with E-state index in [-0.39, 0.29) is 0 Å². The van der Waals surface area contributed by atoms with E-state index >= 15 is 0 Å². The van der Waals surface area contributed by atoms with Gasteiger partial charge in [-0.15, -0.1) is 0 Å². The third-order valence-electron chi connectivity index (χ3n) is 1.84. The molecule has 1 aromatic rings. The summed E-state index contributed by atoms with van der Waals surface area (Å²) in [5.74, 6) is 0.822. The molecule has 0 atom stereocenters. The highest BCUT2D eigenvalue weighted by atomic mass is 16.7. The van der Waals surface area contributed by atoms with Crippen molar-refractivity contribution >= 4 is 12.1 Å². The van der Waals surface area contributed by atoms with Crippen molar-refractivity contribution < 1.29 is 14.3 Å². The first-order chi connectivity index (χ1) is 6.40. The summed E-state index contributed by atoms with van der Waals surface area (Å²) in [6.07, 6.45) is 0.645. The molecule has 0 saturated carbocycles. The van der Waals surface area contributed by atoms with Crippen LogP contribution in [-0.4, -0.2) is 13.2 Å². The van der Waals surface area contributed by atoms with E-state index in [1.807, 2.05) is 12.1 Å². The van der Waals surface area contributed by atoms with E-state index in [1.54, 1.807) is 6.07 Å². The molecule has 0 bridgehead atoms. The van der Waals surface area contributed by atoms with E-state index < -0.39 is 0 Å². The van der Waals surface area contributed by atoms with Gasteiger partial charge in [-0.05, 0) is 18.2 Å². The minimum Gasteiger partial charge on any atom is -0.467 e. The number of carbonyl (C=O) groups is 1. The molecule has 0 unspecified atom stereocenters. The lowest BCUT2D eigenvalue weighted by atomic mass is 10.2. The van der Waals surface area contributed by atoms with Crippen LogP contribution in [0.1, 0.15) is 5.56 Å². The van der Waals surface area contributed by atoms with Crippen LogP contribution >= 0.6 is 0 Å². The van der Waals surface area contributed by atoms with Crippen molar-refractivity contribution in [3.05, 3.63) is 23.8 Å². The molecule has 68 valence electrons. The Balaban J connectivity index is 2.29. The zero-order valence-electron chi connectivity index (χ0n) is 6.95. The van der Waals surface area contributed by atoms with E-state index in [1.165, 1.54) is 0 Å². The molecule has 1 amide bonds. The van der Waals surface area contributed by atoms with Gasteiger partial charge in [0.25, 0.3) is 0 Å². The molecule has 0 fully saturated rings. The molecule has 4 heteroatoms. The normalized spacial score (nSPS) is 14.2. The van der Waals surface area contributed by atoms with Crippen molar-refractivity contribution in [3.63, 3.8) is 0 Å². The van der Waals surface area contributed by atoms with Crippen molar-refractivity contribution in [1.82, 2.24) is 0 Å². The molecule has 0 aliphatic carbocycles. The van der Waals surface area contributed by atoms with E-state index in [9.17, 15) is 4.79 Å². The fourth-order valence-electron chi connectivity index (χ4n) is 1.25. The molecular weight excluding hydrogens is 170 g/mol. The lowest BCUT2D eigenvalue weighted by Gasteiger charge is -2.17. The van der Waals surface area contributed by atoms with Gasteiger partial charge in [0.05, 0.1) is 6.61 Å². The standard InChI is InChI=1S/C9H9NO3/c11-5-10-8-1-2-9-7(3-8)4-12-6-13-9/h1-3,5H,4,6H2,(H,10,11). The highest BCUT2D eigenvalue weighted by molar-refractivity contribution is 5.72. The van der Waals surface area contributed by atoms with E-state index in [2.05, 4.69) is 5.32 Å². The van der Waals surface area contributed by atoms with Crippen molar-refractivity contribution in [1.29, 1.82) is 0 Å². The highest BCUT2D eigenvalue weighted by Crippen LogP contribution is 2.26. The largest absolute Gasteiger partial charge is 0.467 e. The predicted molar refractivity (Wildman–Crippen MR) is 46.4 cm³/mol. The van der Waals surface area contributed by atoms with Gasteiger partial charge in [-0.1, -0.05) is 0 Å². The van der Waals surface area contributed by atoms with Crippen LogP contribution in [0, 0.1) is 0 Å². The van der Waals surface area contributed by atoms with Gasteiger partial charge in [0.2, 0.25) is 6.41 Å². The van der Waals surface area contributed by atoms with E-state index in [0.29, 0.717) is 19.8 Å². The average Bonchev–Trinajstić information content (AvgIpc) is 2.18. The second-order valence-corrected chi connectivity index (χ2v) is 2.70. The summed E-state index contributed by atoms with van der Waals surface area (Å²) in [5, 5.41) is 2.57. The monoisotopic (exact) mass is 179 g/mol. The van der Waals surface area contributed by atoms with Crippen molar-refractivity contribution in [2.24, 2.45) is 0 Å². The van der Waals surface area contributed by atoms with Crippen LogP contribution in [0.5, 0.6) is 5.75 Å². The van der Waals surface area contributed by atoms with Gasteiger partial charge in [-0.25, -0.2) is 0 Å². The topological polar surface area (TPSA) is 47.6 Å². The maximum atomic E-state index is 10.2. The fraction of sp³-hybridized carbons (Fsp3) is 0.222. The Kier molecular flexibility index (Phi) is 2.14. The summed E-state index contributed by atoms with van der Waals surface area (Å²) in [7, 11) is 0. The molecule has 1 aliphatic rings. The molecule has 2 rings (SSSR count). The van der Waals surface area contributed by atoms with Crippen LogP contribution in [0.4, 0.5) is 5.69 Å². The Hall–Kier alpha value is -1.55. The van der Waals surface area contributed by atoms with Gasteiger partial charge < -0.3 is 14.8 Å². The molecular formula is C9H9NO3. The number of ether oxygens (including phenoxy) is 2. The number of hydrogen-bond acceptors (Lipinski definition) is 3. The maximum Gasteiger partial charge on any atom is 0.211 e. The van der Waals surface area contributed by atoms with Crippen LogP contribution in [0.2, 0.25) is 0 Å². The SMILES string of the molecule is O=CNc1ccc2c(c1)COCO2. The number of anilines is 1. The second-order valence-electron chi connectivity index (χ2n) is 2.70. The molecule has 4 nitrogen and oxygen atoms in total. The van der Waals surface area contributed by atoms with Gasteiger partial charge in [-0.3, -0.25) is 4.79 Å². The average molecular weight is 179 g/mol. The quantitative estimate of drug-likeness (QED) is 0.692. The van der Waals surface area contributed by atoms with Crippen molar-refractivity contribution in [2.45, 2.75) is 6.61 Å². The smallest absolute Gasteiger partial charge is 0.211 e. The summed E-state index contributed by atoms with van der Waals surface area (Å²) in [4.78, 5) is 10.2. The number of fused-ring (bicyclic) bond motifs is 1. The number of nitrogens with one attached hydrogen (secondary N) is 1. The zero-order chi connectivity index (χ0) is 9.10. The maximum absolute atomic E-state index is 10.2. The molecule has 0 radical (unpaired) electrons. The Morgan fingerprint density at radius 1 is 1.46 bits per heavy atom. The van der Waals surface area contributed by atoms with E-state index in [0.717, 1.165) is 17.0 Å². The first-order valence-electron chi connectivity index (χ1n) is 3.94. The third kappa shape index (κ3) is 1.62. The van der Waals surface area contributed by atoms with Gasteiger partial charge in [-0.2, -0.15) is 0 Å². The zero-order valence-corrected chi connectivity index (χ0v) is 6.95.